The molecule has 2 aromatic carbocycles. The molecule has 0 radical (unpaired) electrons. The van der Waals surface area contributed by atoms with Crippen LogP contribution in [-0.4, -0.2) is 20.2 Å². The molecule has 0 aliphatic rings. The van der Waals surface area contributed by atoms with Crippen LogP contribution in [0.4, 0.5) is 0 Å². The summed E-state index contributed by atoms with van der Waals surface area (Å²) in [6, 6.07) is 14.3. The first-order chi connectivity index (χ1) is 12.1. The first-order valence-electron chi connectivity index (χ1n) is 7.33. The van der Waals surface area contributed by atoms with Crippen LogP contribution in [0.2, 0.25) is 5.02 Å². The van der Waals surface area contributed by atoms with Crippen LogP contribution in [0.25, 0.3) is 6.08 Å². The maximum Gasteiger partial charge on any atom is 0.348 e. The van der Waals surface area contributed by atoms with Gasteiger partial charge >= 0.3 is 5.97 Å². The fourth-order valence-corrected chi connectivity index (χ4v) is 2.27. The number of nitrogens with zero attached hydrogens (tertiary/aromatic N) is 1. The van der Waals surface area contributed by atoms with Crippen molar-refractivity contribution in [1.29, 1.82) is 5.26 Å². The lowest BCUT2D eigenvalue weighted by atomic mass is 10.1. The van der Waals surface area contributed by atoms with Gasteiger partial charge in [-0.05, 0) is 29.8 Å². The summed E-state index contributed by atoms with van der Waals surface area (Å²) < 4.78 is 15.6. The second-order valence-corrected chi connectivity index (χ2v) is 5.36. The van der Waals surface area contributed by atoms with E-state index in [0.717, 1.165) is 5.56 Å². The third-order valence-corrected chi connectivity index (χ3v) is 3.73. The smallest absolute Gasteiger partial charge is 0.348 e. The molecule has 6 heteroatoms. The Morgan fingerprint density at radius 2 is 1.96 bits per heavy atom. The van der Waals surface area contributed by atoms with Crippen LogP contribution in [0.15, 0.2) is 48.0 Å². The van der Waals surface area contributed by atoms with Crippen LogP contribution in [0.5, 0.6) is 11.5 Å². The minimum Gasteiger partial charge on any atom is -0.493 e. The lowest BCUT2D eigenvalue weighted by molar-refractivity contribution is -0.135. The van der Waals surface area contributed by atoms with E-state index in [1.54, 1.807) is 30.3 Å². The Morgan fingerprint density at radius 3 is 2.60 bits per heavy atom. The predicted octanol–water partition coefficient (Wildman–Crippen LogP) is 4.01. The van der Waals surface area contributed by atoms with Gasteiger partial charge < -0.3 is 14.2 Å². The van der Waals surface area contributed by atoms with Gasteiger partial charge in [-0.1, -0.05) is 35.9 Å². The fraction of sp³-hybridized carbons (Fsp3) is 0.158. The minimum atomic E-state index is -0.694. The van der Waals surface area contributed by atoms with E-state index >= 15 is 0 Å². The first kappa shape index (κ1) is 18.4. The van der Waals surface area contributed by atoms with Crippen molar-refractivity contribution in [3.8, 4) is 17.6 Å². The Balaban J connectivity index is 2.22. The van der Waals surface area contributed by atoms with Gasteiger partial charge in [-0.25, -0.2) is 4.79 Å². The summed E-state index contributed by atoms with van der Waals surface area (Å²) in [6.45, 7) is 0.289. The molecule has 25 heavy (non-hydrogen) atoms. The molecule has 0 bridgehead atoms. The molecule has 0 spiro atoms. The van der Waals surface area contributed by atoms with E-state index < -0.39 is 5.97 Å². The number of nitriles is 1. The van der Waals surface area contributed by atoms with Crippen molar-refractivity contribution in [2.24, 2.45) is 0 Å². The van der Waals surface area contributed by atoms with Crippen LogP contribution in [0.3, 0.4) is 0 Å². The van der Waals surface area contributed by atoms with Gasteiger partial charge in [0.05, 0.1) is 14.2 Å². The molecular weight excluding hydrogens is 342 g/mol. The van der Waals surface area contributed by atoms with Gasteiger partial charge in [0, 0.05) is 10.6 Å². The quantitative estimate of drug-likeness (QED) is 0.444. The third kappa shape index (κ3) is 4.75. The monoisotopic (exact) mass is 357 g/mol. The van der Waals surface area contributed by atoms with Crippen LogP contribution in [0.1, 0.15) is 11.1 Å². The minimum absolute atomic E-state index is 0.103. The summed E-state index contributed by atoms with van der Waals surface area (Å²) in [5.74, 6) is 0.305. The van der Waals surface area contributed by atoms with Crippen molar-refractivity contribution in [2.75, 3.05) is 14.2 Å². The zero-order valence-electron chi connectivity index (χ0n) is 13.8. The Morgan fingerprint density at radius 1 is 1.20 bits per heavy atom. The number of esters is 1. The molecule has 0 aliphatic heterocycles. The molecule has 0 fully saturated rings. The highest BCUT2D eigenvalue weighted by atomic mass is 35.5. The first-order valence-corrected chi connectivity index (χ1v) is 7.71. The predicted molar refractivity (Wildman–Crippen MR) is 94.4 cm³/mol. The van der Waals surface area contributed by atoms with Gasteiger partial charge in [-0.2, -0.15) is 5.26 Å². The Bertz CT molecular complexity index is 840. The molecule has 0 amide bonds. The average molecular weight is 358 g/mol. The summed E-state index contributed by atoms with van der Waals surface area (Å²) >= 11 is 6.11. The molecule has 0 saturated heterocycles. The van der Waals surface area contributed by atoms with Gasteiger partial charge in [0.15, 0.2) is 11.5 Å². The van der Waals surface area contributed by atoms with Crippen LogP contribution in [0, 0.1) is 11.3 Å². The van der Waals surface area contributed by atoms with Crippen molar-refractivity contribution >= 4 is 23.6 Å². The third-order valence-electron chi connectivity index (χ3n) is 3.37. The Labute approximate surface area is 151 Å². The van der Waals surface area contributed by atoms with Crippen LogP contribution >= 0.6 is 11.6 Å². The number of hydrogen-bond acceptors (Lipinski definition) is 5. The number of hydrogen-bond donors (Lipinski definition) is 0. The van der Waals surface area contributed by atoms with Gasteiger partial charge in [0.1, 0.15) is 18.2 Å². The summed E-state index contributed by atoms with van der Waals surface area (Å²) in [7, 11) is 2.73. The van der Waals surface area contributed by atoms with Crippen LogP contribution in [-0.2, 0) is 16.1 Å². The molecule has 128 valence electrons. The topological polar surface area (TPSA) is 68.6 Å². The van der Waals surface area contributed by atoms with Gasteiger partial charge in [0.2, 0.25) is 0 Å². The maximum atomic E-state index is 11.5. The number of ether oxygens (including phenoxy) is 3. The highest BCUT2D eigenvalue weighted by Gasteiger charge is 2.11. The number of methoxy groups -OCH3 is 2. The zero-order valence-corrected chi connectivity index (χ0v) is 14.5. The molecule has 0 aromatic heterocycles. The largest absolute Gasteiger partial charge is 0.493 e. The summed E-state index contributed by atoms with van der Waals surface area (Å²) in [5.41, 5.74) is 1.37. The van der Waals surface area contributed by atoms with E-state index in [2.05, 4.69) is 4.74 Å². The van der Waals surface area contributed by atoms with E-state index in [1.165, 1.54) is 20.3 Å². The number of benzene rings is 2. The van der Waals surface area contributed by atoms with Crippen LogP contribution < -0.4 is 9.47 Å². The lowest BCUT2D eigenvalue weighted by Gasteiger charge is -2.12. The van der Waals surface area contributed by atoms with E-state index in [4.69, 9.17) is 26.3 Å². The van der Waals surface area contributed by atoms with E-state index in [9.17, 15) is 4.79 Å². The SMILES string of the molecule is COC(=O)/C(C#N)=C\c1ccc(OCc2ccccc2Cl)c(OC)c1. The molecule has 0 atom stereocenters. The van der Waals surface area contributed by atoms with E-state index in [0.29, 0.717) is 22.1 Å². The molecular formula is C19H16ClNO4. The number of halogens is 1. The van der Waals surface area contributed by atoms with Gasteiger partial charge in [0.25, 0.3) is 0 Å². The number of carbonyl (C=O) groups excluding carboxylic acids is 1. The highest BCUT2D eigenvalue weighted by molar-refractivity contribution is 6.31. The van der Waals surface area contributed by atoms with Crippen molar-refractivity contribution in [3.63, 3.8) is 0 Å². The second-order valence-electron chi connectivity index (χ2n) is 4.95. The fourth-order valence-electron chi connectivity index (χ4n) is 2.08. The summed E-state index contributed by atoms with van der Waals surface area (Å²) in [5, 5.41) is 9.64. The molecule has 0 saturated carbocycles. The zero-order chi connectivity index (χ0) is 18.2. The van der Waals surface area contributed by atoms with E-state index in [1.807, 2.05) is 18.2 Å². The van der Waals surface area contributed by atoms with Gasteiger partial charge in [-0.15, -0.1) is 0 Å². The van der Waals surface area contributed by atoms with Gasteiger partial charge in [-0.3, -0.25) is 0 Å². The Hall–Kier alpha value is -2.97. The molecule has 2 aromatic rings. The number of rotatable bonds is 6. The molecule has 0 aliphatic carbocycles. The normalized spacial score (nSPS) is 10.7. The van der Waals surface area contributed by atoms with Crippen molar-refractivity contribution in [3.05, 3.63) is 64.2 Å². The number of carbonyl (C=O) groups is 1. The molecule has 5 nitrogen and oxygen atoms in total. The second kappa shape index (κ2) is 8.76. The Kier molecular flexibility index (Phi) is 6.44. The van der Waals surface area contributed by atoms with Crippen molar-refractivity contribution < 1.29 is 19.0 Å². The molecule has 0 N–H and O–H groups in total. The average Bonchev–Trinajstić information content (AvgIpc) is 2.65. The summed E-state index contributed by atoms with van der Waals surface area (Å²) in [4.78, 5) is 11.5. The molecule has 2 rings (SSSR count). The van der Waals surface area contributed by atoms with Crippen molar-refractivity contribution in [2.45, 2.75) is 6.61 Å². The molecule has 0 heterocycles. The standard InChI is InChI=1S/C19H16ClNO4/c1-23-18-10-13(9-15(11-21)19(22)24-2)7-8-17(18)25-12-14-5-3-4-6-16(14)20/h3-10H,12H2,1-2H3/b15-9-. The summed E-state index contributed by atoms with van der Waals surface area (Å²) in [6.07, 6.45) is 1.42. The molecule has 0 unspecified atom stereocenters. The lowest BCUT2D eigenvalue weighted by Crippen LogP contribution is -2.02. The van der Waals surface area contributed by atoms with E-state index in [-0.39, 0.29) is 12.2 Å². The highest BCUT2D eigenvalue weighted by Crippen LogP contribution is 2.30. The maximum absolute atomic E-state index is 11.5. The van der Waals surface area contributed by atoms with Crippen molar-refractivity contribution in [1.82, 2.24) is 0 Å².